The molecule has 0 radical (unpaired) electrons. The molecule has 0 bridgehead atoms. The Kier molecular flexibility index (Phi) is 4.24. The van der Waals surface area contributed by atoms with E-state index in [9.17, 15) is 0 Å². The van der Waals surface area contributed by atoms with Crippen LogP contribution in [0.25, 0.3) is 17.0 Å². The molecule has 0 fully saturated rings. The average molecular weight is 280 g/mol. The number of hydrogen-bond acceptors (Lipinski definition) is 4. The van der Waals surface area contributed by atoms with Crippen molar-refractivity contribution < 1.29 is 9.26 Å². The van der Waals surface area contributed by atoms with Crippen LogP contribution in [0.3, 0.4) is 0 Å². The van der Waals surface area contributed by atoms with Crippen LogP contribution >= 0.6 is 0 Å². The van der Waals surface area contributed by atoms with E-state index in [0.717, 1.165) is 5.56 Å². The third kappa shape index (κ3) is 3.21. The van der Waals surface area contributed by atoms with E-state index in [4.69, 9.17) is 15.7 Å². The first-order valence-corrected chi connectivity index (χ1v) is 6.48. The largest absolute Gasteiger partial charge is 0.490 e. The number of allylic oxidation sites excluding steroid dienone is 2. The molecule has 0 unspecified atom stereocenters. The average Bonchev–Trinajstić information content (AvgIpc) is 2.96. The van der Waals surface area contributed by atoms with Crippen LogP contribution < -0.4 is 4.74 Å². The van der Waals surface area contributed by atoms with Crippen molar-refractivity contribution in [2.75, 3.05) is 0 Å². The van der Waals surface area contributed by atoms with E-state index in [1.54, 1.807) is 18.2 Å². The second-order valence-corrected chi connectivity index (χ2v) is 4.67. The predicted molar refractivity (Wildman–Crippen MR) is 82.7 cm³/mol. The van der Waals surface area contributed by atoms with Crippen molar-refractivity contribution in [3.63, 3.8) is 0 Å². The van der Waals surface area contributed by atoms with E-state index in [2.05, 4.69) is 29.2 Å². The minimum Gasteiger partial charge on any atom is -0.490 e. The summed E-state index contributed by atoms with van der Waals surface area (Å²) in [5, 5.41) is 3.85. The van der Waals surface area contributed by atoms with Gasteiger partial charge in [-0.1, -0.05) is 30.3 Å². The molecule has 4 heteroatoms. The molecule has 4 nitrogen and oxygen atoms in total. The van der Waals surface area contributed by atoms with E-state index in [1.165, 1.54) is 0 Å². The Labute approximate surface area is 124 Å². The fourth-order valence-corrected chi connectivity index (χ4v) is 1.69. The van der Waals surface area contributed by atoms with Crippen molar-refractivity contribution in [1.82, 2.24) is 10.1 Å². The third-order valence-electron chi connectivity index (χ3n) is 2.70. The number of ether oxygens (including phenoxy) is 1. The molecule has 0 saturated heterocycles. The SMILES string of the molecule is C#Cc1cc(-c2nc(C(=C)C=C)no2)ccc1OC(C)C. The zero-order chi connectivity index (χ0) is 15.4. The van der Waals surface area contributed by atoms with Gasteiger partial charge in [0.15, 0.2) is 0 Å². The van der Waals surface area contributed by atoms with Crippen LogP contribution in [-0.2, 0) is 0 Å². The molecule has 1 aromatic heterocycles. The van der Waals surface area contributed by atoms with Gasteiger partial charge < -0.3 is 9.26 Å². The molecule has 0 aliphatic rings. The Bertz CT molecular complexity index is 721. The monoisotopic (exact) mass is 280 g/mol. The van der Waals surface area contributed by atoms with Crippen molar-refractivity contribution in [2.45, 2.75) is 20.0 Å². The summed E-state index contributed by atoms with van der Waals surface area (Å²) in [6.45, 7) is 11.3. The van der Waals surface area contributed by atoms with Crippen LogP contribution in [0.5, 0.6) is 5.75 Å². The van der Waals surface area contributed by atoms with Gasteiger partial charge in [-0.05, 0) is 32.0 Å². The molecule has 0 aliphatic heterocycles. The number of terminal acetylenes is 1. The molecule has 0 N–H and O–H groups in total. The first kappa shape index (κ1) is 14.6. The van der Waals surface area contributed by atoms with Gasteiger partial charge in [0.2, 0.25) is 5.82 Å². The Balaban J connectivity index is 2.37. The number of benzene rings is 1. The lowest BCUT2D eigenvalue weighted by Gasteiger charge is -2.11. The Morgan fingerprint density at radius 3 is 2.86 bits per heavy atom. The van der Waals surface area contributed by atoms with Crippen LogP contribution in [0.1, 0.15) is 25.2 Å². The zero-order valence-electron chi connectivity index (χ0n) is 12.1. The first-order chi connectivity index (χ1) is 10.0. The molecule has 106 valence electrons. The standard InChI is InChI=1S/C17H16N2O2/c1-6-12(5)16-18-17(21-19-16)14-8-9-15(20-11(3)4)13(7-2)10-14/h2,6,8-11H,1,5H2,3-4H3. The van der Waals surface area contributed by atoms with Gasteiger partial charge in [0.25, 0.3) is 5.89 Å². The van der Waals surface area contributed by atoms with Crippen molar-refractivity contribution in [2.24, 2.45) is 0 Å². The molecule has 2 rings (SSSR count). The van der Waals surface area contributed by atoms with E-state index in [0.29, 0.717) is 28.6 Å². The Morgan fingerprint density at radius 1 is 1.48 bits per heavy atom. The second kappa shape index (κ2) is 6.10. The summed E-state index contributed by atoms with van der Waals surface area (Å²) in [5.41, 5.74) is 1.97. The summed E-state index contributed by atoms with van der Waals surface area (Å²) in [7, 11) is 0. The molecule has 21 heavy (non-hydrogen) atoms. The summed E-state index contributed by atoms with van der Waals surface area (Å²) < 4.78 is 10.9. The van der Waals surface area contributed by atoms with Crippen molar-refractivity contribution in [3.8, 4) is 29.5 Å². The lowest BCUT2D eigenvalue weighted by Crippen LogP contribution is -2.06. The summed E-state index contributed by atoms with van der Waals surface area (Å²) in [5.74, 6) is 4.04. The predicted octanol–water partition coefficient (Wildman–Crippen LogP) is 3.70. The fourth-order valence-electron chi connectivity index (χ4n) is 1.69. The molecule has 2 aromatic rings. The van der Waals surface area contributed by atoms with Gasteiger partial charge in [0, 0.05) is 11.1 Å². The van der Waals surface area contributed by atoms with Crippen LogP contribution in [0.2, 0.25) is 0 Å². The molecular weight excluding hydrogens is 264 g/mol. The number of rotatable bonds is 5. The molecule has 0 atom stereocenters. The molecule has 1 heterocycles. The quantitative estimate of drug-likeness (QED) is 0.619. The summed E-state index contributed by atoms with van der Waals surface area (Å²) >= 11 is 0. The van der Waals surface area contributed by atoms with Gasteiger partial charge in [-0.15, -0.1) is 6.42 Å². The van der Waals surface area contributed by atoms with Crippen molar-refractivity contribution in [1.29, 1.82) is 0 Å². The normalized spacial score (nSPS) is 10.2. The topological polar surface area (TPSA) is 48.2 Å². The number of nitrogens with zero attached hydrogens (tertiary/aromatic N) is 2. The molecule has 1 aromatic carbocycles. The fraction of sp³-hybridized carbons (Fsp3) is 0.176. The molecule has 0 aliphatic carbocycles. The number of hydrogen-bond donors (Lipinski definition) is 0. The summed E-state index contributed by atoms with van der Waals surface area (Å²) in [6, 6.07) is 5.41. The van der Waals surface area contributed by atoms with Gasteiger partial charge in [0.05, 0.1) is 11.7 Å². The molecule has 0 spiro atoms. The van der Waals surface area contributed by atoms with Gasteiger partial charge >= 0.3 is 0 Å². The van der Waals surface area contributed by atoms with E-state index in [-0.39, 0.29) is 6.10 Å². The highest BCUT2D eigenvalue weighted by atomic mass is 16.5. The highest BCUT2D eigenvalue weighted by Crippen LogP contribution is 2.26. The van der Waals surface area contributed by atoms with Gasteiger partial charge in [-0.3, -0.25) is 0 Å². The van der Waals surface area contributed by atoms with Crippen LogP contribution in [0.4, 0.5) is 0 Å². The van der Waals surface area contributed by atoms with Crippen LogP contribution in [-0.4, -0.2) is 16.2 Å². The van der Waals surface area contributed by atoms with Crippen molar-refractivity contribution in [3.05, 3.63) is 48.8 Å². The third-order valence-corrected chi connectivity index (χ3v) is 2.70. The molecule has 0 amide bonds. The minimum atomic E-state index is 0.0499. The second-order valence-electron chi connectivity index (χ2n) is 4.67. The maximum Gasteiger partial charge on any atom is 0.258 e. The summed E-state index contributed by atoms with van der Waals surface area (Å²) in [4.78, 5) is 4.26. The Morgan fingerprint density at radius 2 is 2.24 bits per heavy atom. The highest BCUT2D eigenvalue weighted by Gasteiger charge is 2.12. The minimum absolute atomic E-state index is 0.0499. The lowest BCUT2D eigenvalue weighted by molar-refractivity contribution is 0.242. The number of aromatic nitrogens is 2. The van der Waals surface area contributed by atoms with Crippen LogP contribution in [0.15, 0.2) is 42.0 Å². The van der Waals surface area contributed by atoms with E-state index in [1.807, 2.05) is 19.9 Å². The maximum absolute atomic E-state index is 5.65. The maximum atomic E-state index is 5.65. The lowest BCUT2D eigenvalue weighted by atomic mass is 10.1. The first-order valence-electron chi connectivity index (χ1n) is 6.48. The molecule has 0 saturated carbocycles. The van der Waals surface area contributed by atoms with Gasteiger partial charge in [0.1, 0.15) is 5.75 Å². The van der Waals surface area contributed by atoms with Crippen molar-refractivity contribution >= 4 is 5.57 Å². The molecular formula is C17H16N2O2. The smallest absolute Gasteiger partial charge is 0.258 e. The van der Waals surface area contributed by atoms with Crippen LogP contribution in [0, 0.1) is 12.3 Å². The van der Waals surface area contributed by atoms with E-state index < -0.39 is 0 Å². The zero-order valence-corrected chi connectivity index (χ0v) is 12.1. The summed E-state index contributed by atoms with van der Waals surface area (Å²) in [6.07, 6.45) is 7.14. The van der Waals surface area contributed by atoms with Gasteiger partial charge in [-0.2, -0.15) is 4.98 Å². The highest BCUT2D eigenvalue weighted by molar-refractivity contribution is 5.68. The van der Waals surface area contributed by atoms with E-state index >= 15 is 0 Å². The Hall–Kier alpha value is -2.80. The van der Waals surface area contributed by atoms with Gasteiger partial charge in [-0.25, -0.2) is 0 Å².